The summed E-state index contributed by atoms with van der Waals surface area (Å²) in [5.41, 5.74) is 0.928. The van der Waals surface area contributed by atoms with Crippen molar-refractivity contribution in [2.24, 2.45) is 5.92 Å². The van der Waals surface area contributed by atoms with Crippen LogP contribution in [0.25, 0.3) is 0 Å². The molecule has 78 valence electrons. The van der Waals surface area contributed by atoms with Crippen LogP contribution in [0.4, 0.5) is 0 Å². The molecule has 1 aromatic rings. The van der Waals surface area contributed by atoms with E-state index in [2.05, 4.69) is 26.1 Å². The number of aromatic amines is 1. The number of alkyl halides is 1. The van der Waals surface area contributed by atoms with Crippen molar-refractivity contribution in [1.82, 2.24) is 10.2 Å². The van der Waals surface area contributed by atoms with Crippen LogP contribution in [0, 0.1) is 5.92 Å². The van der Waals surface area contributed by atoms with Gasteiger partial charge in [-0.3, -0.25) is 9.89 Å². The van der Waals surface area contributed by atoms with Gasteiger partial charge in [-0.2, -0.15) is 5.10 Å². The van der Waals surface area contributed by atoms with Gasteiger partial charge in [0, 0.05) is 24.2 Å². The molecule has 0 saturated carbocycles. The number of rotatable bonds is 5. The van der Waals surface area contributed by atoms with Crippen molar-refractivity contribution in [2.75, 3.05) is 0 Å². The van der Waals surface area contributed by atoms with Gasteiger partial charge in [-0.15, -0.1) is 0 Å². The average Bonchev–Trinajstić information content (AvgIpc) is 2.56. The zero-order chi connectivity index (χ0) is 10.6. The van der Waals surface area contributed by atoms with Gasteiger partial charge >= 0.3 is 0 Å². The maximum absolute atomic E-state index is 10.4. The van der Waals surface area contributed by atoms with Crippen LogP contribution in [0.15, 0.2) is 12.3 Å². The molecule has 0 saturated heterocycles. The monoisotopic (exact) mass is 260 g/mol. The highest BCUT2D eigenvalue weighted by Crippen LogP contribution is 2.31. The molecule has 5 heteroatoms. The van der Waals surface area contributed by atoms with Crippen LogP contribution >= 0.6 is 15.9 Å². The Balaban J connectivity index is 2.73. The molecule has 0 aromatic carbocycles. The van der Waals surface area contributed by atoms with Crippen LogP contribution in [0.1, 0.15) is 19.5 Å². The van der Waals surface area contributed by atoms with E-state index in [1.54, 1.807) is 6.20 Å². The third-order valence-corrected chi connectivity index (χ3v) is 3.48. The van der Waals surface area contributed by atoms with Crippen molar-refractivity contribution in [1.29, 1.82) is 0 Å². The number of nitrogens with one attached hydrogen (secondary N) is 1. The van der Waals surface area contributed by atoms with Gasteiger partial charge in [0.1, 0.15) is 0 Å². The third kappa shape index (κ3) is 2.57. The van der Waals surface area contributed by atoms with Gasteiger partial charge in [-0.1, -0.05) is 13.8 Å². The molecule has 0 aliphatic carbocycles. The number of aromatic nitrogens is 2. The number of nitrogens with zero attached hydrogens (tertiary/aromatic N) is 1. The first-order chi connectivity index (χ1) is 6.58. The summed E-state index contributed by atoms with van der Waals surface area (Å²) < 4.78 is 4.40. The van der Waals surface area contributed by atoms with Crippen LogP contribution in [0.3, 0.4) is 0 Å². The van der Waals surface area contributed by atoms with Crippen LogP contribution in [0.2, 0.25) is 0 Å². The molecule has 0 aliphatic heterocycles. The molecule has 0 fully saturated rings. The first-order valence-corrected chi connectivity index (χ1v) is 5.16. The highest BCUT2D eigenvalue weighted by atomic mass is 79.9. The van der Waals surface area contributed by atoms with Crippen LogP contribution in [-0.4, -0.2) is 21.2 Å². The van der Waals surface area contributed by atoms with E-state index in [1.807, 2.05) is 19.9 Å². The number of hydrogen-bond donors (Lipinski definition) is 1. The van der Waals surface area contributed by atoms with E-state index < -0.39 is 4.51 Å². The molecule has 0 amide bonds. The van der Waals surface area contributed by atoms with Crippen LogP contribution in [-0.2, 0) is 16.0 Å². The summed E-state index contributed by atoms with van der Waals surface area (Å²) in [7, 11) is 0. The second kappa shape index (κ2) is 4.59. The smallest absolute Gasteiger partial charge is 0.294 e. The minimum Gasteiger partial charge on any atom is -0.449 e. The van der Waals surface area contributed by atoms with Crippen molar-refractivity contribution >= 4 is 22.4 Å². The molecule has 1 unspecified atom stereocenters. The van der Waals surface area contributed by atoms with Gasteiger partial charge in [0.05, 0.1) is 0 Å². The molecular formula is C9H13BrN2O2. The molecule has 4 nitrogen and oxygen atoms in total. The normalized spacial score (nSPS) is 15.1. The standard InChI is InChI=1S/C9H13BrN2O2/c1-7(2)9(10,14-6-13)5-8-3-4-11-12-8/h3-4,6-7H,5H2,1-2H3,(H,11,12). The largest absolute Gasteiger partial charge is 0.449 e. The lowest BCUT2D eigenvalue weighted by Crippen LogP contribution is -2.33. The zero-order valence-electron chi connectivity index (χ0n) is 8.16. The molecule has 0 bridgehead atoms. The Kier molecular flexibility index (Phi) is 3.69. The van der Waals surface area contributed by atoms with Crippen molar-refractivity contribution in [3.8, 4) is 0 Å². The van der Waals surface area contributed by atoms with E-state index in [9.17, 15) is 4.79 Å². The fourth-order valence-electron chi connectivity index (χ4n) is 1.10. The first-order valence-electron chi connectivity index (χ1n) is 4.37. The van der Waals surface area contributed by atoms with E-state index in [1.165, 1.54) is 0 Å². The van der Waals surface area contributed by atoms with Crippen molar-refractivity contribution in [2.45, 2.75) is 24.8 Å². The van der Waals surface area contributed by atoms with Gasteiger partial charge in [0.25, 0.3) is 6.47 Å². The Hall–Kier alpha value is -0.840. The second-order valence-corrected chi connectivity index (χ2v) is 4.76. The first kappa shape index (κ1) is 11.2. The van der Waals surface area contributed by atoms with E-state index in [4.69, 9.17) is 4.74 Å². The summed E-state index contributed by atoms with van der Waals surface area (Å²) in [6, 6.07) is 1.85. The van der Waals surface area contributed by atoms with Crippen molar-refractivity contribution in [3.05, 3.63) is 18.0 Å². The number of carbonyl (C=O) groups excluding carboxylic acids is 1. The molecular weight excluding hydrogens is 248 g/mol. The predicted molar refractivity (Wildman–Crippen MR) is 55.9 cm³/mol. The number of ether oxygens (including phenoxy) is 1. The molecule has 0 spiro atoms. The summed E-state index contributed by atoms with van der Waals surface area (Å²) in [5.74, 6) is 0.177. The van der Waals surface area contributed by atoms with Gasteiger partial charge < -0.3 is 4.74 Å². The Morgan fingerprint density at radius 3 is 2.93 bits per heavy atom. The van der Waals surface area contributed by atoms with Crippen molar-refractivity contribution in [3.63, 3.8) is 0 Å². The number of halogens is 1. The Labute approximate surface area is 91.2 Å². The lowest BCUT2D eigenvalue weighted by Gasteiger charge is -2.28. The molecule has 1 aromatic heterocycles. The van der Waals surface area contributed by atoms with Crippen LogP contribution < -0.4 is 0 Å². The summed E-state index contributed by atoms with van der Waals surface area (Å²) in [6.45, 7) is 4.42. The van der Waals surface area contributed by atoms with E-state index in [0.29, 0.717) is 12.9 Å². The lowest BCUT2D eigenvalue weighted by atomic mass is 10.0. The predicted octanol–water partition coefficient (Wildman–Crippen LogP) is 1.87. The topological polar surface area (TPSA) is 55.0 Å². The molecule has 1 atom stereocenters. The summed E-state index contributed by atoms with van der Waals surface area (Å²) >= 11 is 3.43. The Morgan fingerprint density at radius 2 is 2.50 bits per heavy atom. The highest BCUT2D eigenvalue weighted by Gasteiger charge is 2.33. The lowest BCUT2D eigenvalue weighted by molar-refractivity contribution is -0.137. The molecule has 0 aliphatic rings. The third-order valence-electron chi connectivity index (χ3n) is 2.10. The average molecular weight is 261 g/mol. The second-order valence-electron chi connectivity index (χ2n) is 3.41. The number of H-pyrrole nitrogens is 1. The fourth-order valence-corrected chi connectivity index (χ4v) is 1.48. The van der Waals surface area contributed by atoms with Crippen molar-refractivity contribution < 1.29 is 9.53 Å². The minimum atomic E-state index is -0.652. The summed E-state index contributed by atoms with van der Waals surface area (Å²) in [6.07, 6.45) is 2.24. The fraction of sp³-hybridized carbons (Fsp3) is 0.556. The number of carbonyl (C=O) groups is 1. The highest BCUT2D eigenvalue weighted by molar-refractivity contribution is 9.10. The quantitative estimate of drug-likeness (QED) is 0.650. The maximum Gasteiger partial charge on any atom is 0.294 e. The Bertz CT molecular complexity index is 287. The van der Waals surface area contributed by atoms with Gasteiger partial charge in [-0.05, 0) is 22.0 Å². The molecule has 1 rings (SSSR count). The van der Waals surface area contributed by atoms with E-state index >= 15 is 0 Å². The van der Waals surface area contributed by atoms with E-state index in [0.717, 1.165) is 5.69 Å². The molecule has 14 heavy (non-hydrogen) atoms. The minimum absolute atomic E-state index is 0.177. The van der Waals surface area contributed by atoms with E-state index in [-0.39, 0.29) is 5.92 Å². The summed E-state index contributed by atoms with van der Waals surface area (Å²) in [4.78, 5) is 10.4. The Morgan fingerprint density at radius 1 is 1.79 bits per heavy atom. The van der Waals surface area contributed by atoms with Gasteiger partial charge in [-0.25, -0.2) is 0 Å². The van der Waals surface area contributed by atoms with Crippen LogP contribution in [0.5, 0.6) is 0 Å². The maximum atomic E-state index is 10.4. The molecule has 1 N–H and O–H groups in total. The SMILES string of the molecule is CC(C)C(Br)(Cc1ccn[nH]1)OC=O. The van der Waals surface area contributed by atoms with Gasteiger partial charge in [0.2, 0.25) is 0 Å². The molecule has 0 radical (unpaired) electrons. The van der Waals surface area contributed by atoms with Gasteiger partial charge in [0.15, 0.2) is 4.51 Å². The zero-order valence-corrected chi connectivity index (χ0v) is 9.74. The summed E-state index contributed by atoms with van der Waals surface area (Å²) in [5, 5.41) is 6.67. The number of hydrogen-bond acceptors (Lipinski definition) is 3. The molecule has 1 heterocycles.